The van der Waals surface area contributed by atoms with E-state index in [0.29, 0.717) is 12.8 Å². The van der Waals surface area contributed by atoms with Gasteiger partial charge in [0.25, 0.3) is 0 Å². The summed E-state index contributed by atoms with van der Waals surface area (Å²) < 4.78 is 0. The molecule has 2 N–H and O–H groups in total. The molecule has 1 rings (SSSR count). The second-order valence-corrected chi connectivity index (χ2v) is 5.24. The number of hydrogen-bond acceptors (Lipinski definition) is 2. The lowest BCUT2D eigenvalue weighted by Crippen LogP contribution is -2.49. The Bertz CT molecular complexity index is 481. The van der Waals surface area contributed by atoms with Gasteiger partial charge in [0.05, 0.1) is 10.4 Å². The molecule has 0 bridgehead atoms. The molecule has 0 radical (unpaired) electrons. The first-order chi connectivity index (χ1) is 8.90. The fourth-order valence-electron chi connectivity index (χ4n) is 2.38. The zero-order chi connectivity index (χ0) is 14.6. The molecule has 0 unspecified atom stereocenters. The number of thiocarbonyl (C=S) groups is 1. The maximum Gasteiger partial charge on any atom is 0.239 e. The number of aryl methyl sites for hydroxylation is 1. The Morgan fingerprint density at radius 1 is 1.32 bits per heavy atom. The van der Waals surface area contributed by atoms with Crippen molar-refractivity contribution in [1.29, 1.82) is 0 Å². The third kappa shape index (κ3) is 2.78. The molecule has 0 aliphatic heterocycles. The molecule has 0 heterocycles. The van der Waals surface area contributed by atoms with Crippen molar-refractivity contribution in [2.75, 3.05) is 11.9 Å². The molecule has 1 aromatic rings. The minimum absolute atomic E-state index is 0.0284. The van der Waals surface area contributed by atoms with Crippen molar-refractivity contribution in [2.24, 2.45) is 11.1 Å². The van der Waals surface area contributed by atoms with Crippen LogP contribution in [0.3, 0.4) is 0 Å². The monoisotopic (exact) mass is 278 g/mol. The van der Waals surface area contributed by atoms with Crippen LogP contribution < -0.4 is 10.6 Å². The Morgan fingerprint density at radius 3 is 2.26 bits per heavy atom. The number of nitrogens with zero attached hydrogens (tertiary/aromatic N) is 1. The Hall–Kier alpha value is -1.42. The highest BCUT2D eigenvalue weighted by Gasteiger charge is 2.40. The highest BCUT2D eigenvalue weighted by atomic mass is 32.1. The molecule has 19 heavy (non-hydrogen) atoms. The van der Waals surface area contributed by atoms with Crippen LogP contribution in [-0.4, -0.2) is 17.9 Å². The number of carbonyl (C=O) groups is 1. The number of benzene rings is 1. The largest absolute Gasteiger partial charge is 0.392 e. The van der Waals surface area contributed by atoms with Crippen LogP contribution in [0.15, 0.2) is 24.3 Å². The van der Waals surface area contributed by atoms with Crippen LogP contribution in [0.4, 0.5) is 5.69 Å². The van der Waals surface area contributed by atoms with Crippen molar-refractivity contribution in [2.45, 2.75) is 33.6 Å². The smallest absolute Gasteiger partial charge is 0.239 e. The second-order valence-electron chi connectivity index (χ2n) is 4.80. The van der Waals surface area contributed by atoms with Gasteiger partial charge >= 0.3 is 0 Å². The number of nitrogens with two attached hydrogens (primary N) is 1. The molecule has 0 fully saturated rings. The molecule has 0 aliphatic rings. The molecule has 0 atom stereocenters. The summed E-state index contributed by atoms with van der Waals surface area (Å²) in [5, 5.41) is 0. The summed E-state index contributed by atoms with van der Waals surface area (Å²) >= 11 is 5.14. The lowest BCUT2D eigenvalue weighted by Gasteiger charge is -2.34. The van der Waals surface area contributed by atoms with Gasteiger partial charge in [-0.3, -0.25) is 4.79 Å². The van der Waals surface area contributed by atoms with E-state index in [1.165, 1.54) is 0 Å². The highest BCUT2D eigenvalue weighted by molar-refractivity contribution is 7.80. The number of amides is 1. The summed E-state index contributed by atoms with van der Waals surface area (Å²) in [5.41, 5.74) is 7.04. The average Bonchev–Trinajstić information content (AvgIpc) is 2.40. The molecule has 4 heteroatoms. The number of anilines is 1. The van der Waals surface area contributed by atoms with E-state index in [9.17, 15) is 4.79 Å². The Balaban J connectivity index is 3.18. The molecule has 0 aliphatic carbocycles. The molecule has 104 valence electrons. The van der Waals surface area contributed by atoms with Crippen LogP contribution in [0.5, 0.6) is 0 Å². The number of carbonyl (C=O) groups excluding carboxylic acids is 1. The standard InChI is InChI=1S/C15H22N2OS/c1-5-15(6-2,13(16)19)14(18)17(4)12-10-8-7-9-11(12)3/h7-10H,5-6H2,1-4H3,(H2,16,19). The molecular weight excluding hydrogens is 256 g/mol. The van der Waals surface area contributed by atoms with Gasteiger partial charge in [-0.15, -0.1) is 0 Å². The quantitative estimate of drug-likeness (QED) is 0.842. The minimum Gasteiger partial charge on any atom is -0.392 e. The third-order valence-corrected chi connectivity index (χ3v) is 4.26. The van der Waals surface area contributed by atoms with Crippen LogP contribution in [0, 0.1) is 12.3 Å². The van der Waals surface area contributed by atoms with E-state index in [4.69, 9.17) is 18.0 Å². The number of para-hydroxylation sites is 1. The summed E-state index contributed by atoms with van der Waals surface area (Å²) in [5.74, 6) is -0.0284. The van der Waals surface area contributed by atoms with Crippen molar-refractivity contribution in [3.8, 4) is 0 Å². The first kappa shape index (κ1) is 15.6. The van der Waals surface area contributed by atoms with Gasteiger partial charge in [0, 0.05) is 12.7 Å². The molecule has 1 amide bonds. The normalized spacial score (nSPS) is 11.2. The van der Waals surface area contributed by atoms with Crippen molar-refractivity contribution in [1.82, 2.24) is 0 Å². The van der Waals surface area contributed by atoms with E-state index < -0.39 is 5.41 Å². The fraction of sp³-hybridized carbons (Fsp3) is 0.467. The van der Waals surface area contributed by atoms with E-state index in [1.54, 1.807) is 11.9 Å². The van der Waals surface area contributed by atoms with E-state index >= 15 is 0 Å². The van der Waals surface area contributed by atoms with Crippen molar-refractivity contribution in [3.63, 3.8) is 0 Å². The number of rotatable bonds is 5. The van der Waals surface area contributed by atoms with Gasteiger partial charge in [-0.2, -0.15) is 0 Å². The van der Waals surface area contributed by atoms with Gasteiger partial charge in [-0.05, 0) is 31.4 Å². The van der Waals surface area contributed by atoms with Crippen LogP contribution in [0.1, 0.15) is 32.3 Å². The van der Waals surface area contributed by atoms with Crippen molar-refractivity contribution >= 4 is 28.8 Å². The Morgan fingerprint density at radius 2 is 1.84 bits per heavy atom. The van der Waals surface area contributed by atoms with E-state index in [2.05, 4.69) is 0 Å². The van der Waals surface area contributed by atoms with Crippen molar-refractivity contribution in [3.05, 3.63) is 29.8 Å². The van der Waals surface area contributed by atoms with Crippen LogP contribution in [0.25, 0.3) is 0 Å². The maximum atomic E-state index is 12.8. The van der Waals surface area contributed by atoms with E-state index in [1.807, 2.05) is 45.0 Å². The average molecular weight is 278 g/mol. The second kappa shape index (κ2) is 6.15. The third-order valence-electron chi connectivity index (χ3n) is 3.87. The number of hydrogen-bond donors (Lipinski definition) is 1. The SMILES string of the molecule is CCC(CC)(C(=O)N(C)c1ccccc1C)C(N)=S. The van der Waals surface area contributed by atoms with E-state index in [-0.39, 0.29) is 10.9 Å². The summed E-state index contributed by atoms with van der Waals surface area (Å²) in [6.45, 7) is 5.89. The fourth-order valence-corrected chi connectivity index (χ4v) is 2.75. The highest BCUT2D eigenvalue weighted by Crippen LogP contribution is 2.32. The maximum absolute atomic E-state index is 12.8. The predicted octanol–water partition coefficient (Wildman–Crippen LogP) is 3.05. The predicted molar refractivity (Wildman–Crippen MR) is 84.4 cm³/mol. The molecule has 0 spiro atoms. The first-order valence-corrected chi connectivity index (χ1v) is 6.95. The molecule has 3 nitrogen and oxygen atoms in total. The van der Waals surface area contributed by atoms with Gasteiger partial charge in [-0.25, -0.2) is 0 Å². The van der Waals surface area contributed by atoms with Crippen LogP contribution in [0.2, 0.25) is 0 Å². The van der Waals surface area contributed by atoms with Crippen LogP contribution >= 0.6 is 12.2 Å². The van der Waals surface area contributed by atoms with Gasteiger partial charge in [0.2, 0.25) is 5.91 Å². The Kier molecular flexibility index (Phi) is 5.06. The Labute approximate surface area is 120 Å². The van der Waals surface area contributed by atoms with Gasteiger partial charge in [0.15, 0.2) is 0 Å². The molecule has 0 aromatic heterocycles. The zero-order valence-electron chi connectivity index (χ0n) is 12.1. The first-order valence-electron chi connectivity index (χ1n) is 6.54. The van der Waals surface area contributed by atoms with E-state index in [0.717, 1.165) is 11.3 Å². The zero-order valence-corrected chi connectivity index (χ0v) is 12.9. The minimum atomic E-state index is -0.744. The van der Waals surface area contributed by atoms with Gasteiger partial charge in [0.1, 0.15) is 0 Å². The molecule has 1 aromatic carbocycles. The van der Waals surface area contributed by atoms with Crippen LogP contribution in [-0.2, 0) is 4.79 Å². The summed E-state index contributed by atoms with van der Waals surface area (Å²) in [4.78, 5) is 14.7. The molecule has 0 saturated heterocycles. The lowest BCUT2D eigenvalue weighted by atomic mass is 9.80. The summed E-state index contributed by atoms with van der Waals surface area (Å²) in [6, 6.07) is 7.80. The summed E-state index contributed by atoms with van der Waals surface area (Å²) in [6.07, 6.45) is 1.24. The topological polar surface area (TPSA) is 46.3 Å². The molecular formula is C15H22N2OS. The summed E-state index contributed by atoms with van der Waals surface area (Å²) in [7, 11) is 1.78. The van der Waals surface area contributed by atoms with Gasteiger partial charge < -0.3 is 10.6 Å². The molecule has 0 saturated carbocycles. The lowest BCUT2D eigenvalue weighted by molar-refractivity contribution is -0.124. The van der Waals surface area contributed by atoms with Gasteiger partial charge in [-0.1, -0.05) is 44.3 Å². The van der Waals surface area contributed by atoms with Crippen molar-refractivity contribution < 1.29 is 4.79 Å².